The Hall–Kier alpha value is -2.76. The first-order valence-corrected chi connectivity index (χ1v) is 7.00. The van der Waals surface area contributed by atoms with Gasteiger partial charge in [-0.25, -0.2) is 0 Å². The second kappa shape index (κ2) is 6.80. The molecule has 0 saturated heterocycles. The first kappa shape index (κ1) is 15.6. The average molecular weight is 298 g/mol. The zero-order chi connectivity index (χ0) is 16.1. The third-order valence-electron chi connectivity index (χ3n) is 3.42. The largest absolute Gasteiger partial charge is 0.369 e. The molecule has 116 valence electrons. The average Bonchev–Trinajstić information content (AvgIpc) is 2.52. The maximum Gasteiger partial charge on any atom is 0.245 e. The van der Waals surface area contributed by atoms with E-state index in [2.05, 4.69) is 34.4 Å². The van der Waals surface area contributed by atoms with Gasteiger partial charge in [0.1, 0.15) is 0 Å². The molecule has 0 fully saturated rings. The highest BCUT2D eigenvalue weighted by Crippen LogP contribution is 2.19. The van der Waals surface area contributed by atoms with Gasteiger partial charge in [0.15, 0.2) is 5.96 Å². The van der Waals surface area contributed by atoms with Crippen molar-refractivity contribution in [1.29, 1.82) is 0 Å². The smallest absolute Gasteiger partial charge is 0.245 e. The van der Waals surface area contributed by atoms with Crippen molar-refractivity contribution in [3.8, 4) is 0 Å². The van der Waals surface area contributed by atoms with Crippen LogP contribution >= 0.6 is 0 Å². The van der Waals surface area contributed by atoms with E-state index in [0.29, 0.717) is 18.5 Å². The highest BCUT2D eigenvalue weighted by atomic mass is 15.4. The minimum absolute atomic E-state index is 0.356. The van der Waals surface area contributed by atoms with E-state index in [0.717, 1.165) is 0 Å². The van der Waals surface area contributed by atoms with Crippen molar-refractivity contribution < 1.29 is 0 Å². The van der Waals surface area contributed by atoms with Crippen LogP contribution in [0.15, 0.2) is 52.6 Å². The number of aliphatic imine (C=N–C) groups is 1. The molecule has 0 radical (unpaired) electrons. The van der Waals surface area contributed by atoms with Gasteiger partial charge in [-0.15, -0.1) is 5.10 Å². The van der Waals surface area contributed by atoms with Crippen molar-refractivity contribution in [1.82, 2.24) is 9.80 Å². The molecule has 0 spiro atoms. The molecular weight excluding hydrogens is 276 g/mol. The first-order valence-electron chi connectivity index (χ1n) is 7.00. The van der Waals surface area contributed by atoms with Crippen LogP contribution in [-0.4, -0.2) is 42.9 Å². The lowest BCUT2D eigenvalue weighted by molar-refractivity contribution is 0.493. The molecule has 6 nitrogen and oxygen atoms in total. The molecule has 0 aliphatic rings. The molecule has 0 aromatic heterocycles. The van der Waals surface area contributed by atoms with Gasteiger partial charge in [-0.05, 0) is 16.3 Å². The minimum Gasteiger partial charge on any atom is -0.369 e. The van der Waals surface area contributed by atoms with Gasteiger partial charge in [-0.2, -0.15) is 4.99 Å². The van der Waals surface area contributed by atoms with Crippen LogP contribution in [0.4, 0.5) is 0 Å². The van der Waals surface area contributed by atoms with Crippen molar-refractivity contribution in [3.05, 3.63) is 48.0 Å². The number of hydrogen-bond acceptors (Lipinski definition) is 2. The van der Waals surface area contributed by atoms with E-state index in [1.54, 1.807) is 4.90 Å². The summed E-state index contributed by atoms with van der Waals surface area (Å²) in [5.41, 5.74) is 7.01. The molecule has 0 aliphatic carbocycles. The number of hydrazone groups is 1. The van der Waals surface area contributed by atoms with E-state index in [-0.39, 0.29) is 0 Å². The van der Waals surface area contributed by atoms with Crippen LogP contribution in [0.5, 0.6) is 0 Å². The summed E-state index contributed by atoms with van der Waals surface area (Å²) in [7, 11) is 5.52. The monoisotopic (exact) mass is 298 g/mol. The van der Waals surface area contributed by atoms with E-state index in [9.17, 15) is 0 Å². The number of fused-ring (bicyclic) bond motifs is 1. The highest BCUT2D eigenvalue weighted by molar-refractivity contribution is 5.94. The Morgan fingerprint density at radius 1 is 1.05 bits per heavy atom. The number of benzene rings is 2. The van der Waals surface area contributed by atoms with Gasteiger partial charge >= 0.3 is 0 Å². The summed E-state index contributed by atoms with van der Waals surface area (Å²) in [4.78, 5) is 7.82. The summed E-state index contributed by atoms with van der Waals surface area (Å²) < 4.78 is 0. The molecule has 0 heterocycles. The van der Waals surface area contributed by atoms with Crippen molar-refractivity contribution in [2.75, 3.05) is 21.1 Å². The fourth-order valence-electron chi connectivity index (χ4n) is 2.17. The first-order chi connectivity index (χ1) is 10.5. The molecule has 2 aromatic rings. The van der Waals surface area contributed by atoms with E-state index in [1.807, 2.05) is 44.2 Å². The van der Waals surface area contributed by atoms with Gasteiger partial charge < -0.3 is 21.4 Å². The Labute approximate surface area is 130 Å². The Bertz CT molecular complexity index is 699. The molecule has 22 heavy (non-hydrogen) atoms. The number of guanidine groups is 2. The predicted molar refractivity (Wildman–Crippen MR) is 92.3 cm³/mol. The summed E-state index contributed by atoms with van der Waals surface area (Å²) in [5, 5.41) is 6.15. The van der Waals surface area contributed by atoms with E-state index < -0.39 is 0 Å². The molecule has 2 aromatic carbocycles. The molecule has 0 atom stereocenters. The third-order valence-corrected chi connectivity index (χ3v) is 3.42. The van der Waals surface area contributed by atoms with Gasteiger partial charge in [0, 0.05) is 27.7 Å². The summed E-state index contributed by atoms with van der Waals surface area (Å²) >= 11 is 0. The van der Waals surface area contributed by atoms with Crippen LogP contribution in [0.1, 0.15) is 5.56 Å². The van der Waals surface area contributed by atoms with Crippen molar-refractivity contribution in [2.45, 2.75) is 6.54 Å². The van der Waals surface area contributed by atoms with Crippen molar-refractivity contribution in [3.63, 3.8) is 0 Å². The number of hydrogen-bond donors (Lipinski definition) is 2. The summed E-state index contributed by atoms with van der Waals surface area (Å²) in [6.45, 7) is 0.640. The maximum absolute atomic E-state index is 5.83. The molecule has 2 rings (SSSR count). The van der Waals surface area contributed by atoms with Crippen LogP contribution in [0.3, 0.4) is 0 Å². The van der Waals surface area contributed by atoms with Gasteiger partial charge in [-0.1, -0.05) is 42.5 Å². The Morgan fingerprint density at radius 2 is 1.73 bits per heavy atom. The lowest BCUT2D eigenvalue weighted by Gasteiger charge is -2.20. The molecule has 0 bridgehead atoms. The lowest BCUT2D eigenvalue weighted by atomic mass is 10.0. The van der Waals surface area contributed by atoms with E-state index >= 15 is 0 Å². The Kier molecular flexibility index (Phi) is 4.83. The number of nitrogens with two attached hydrogens (primary N) is 2. The fraction of sp³-hybridized carbons (Fsp3) is 0.250. The SMILES string of the molecule is CN(C)C(N)=NC(=NN)N(C)Cc1cccc2ccccc12. The maximum atomic E-state index is 5.83. The standard InChI is InChI=1S/C16H22N6/c1-21(2)15(17)19-16(20-18)22(3)11-13-9-6-8-12-7-4-5-10-14(12)13/h4-10H,11,18H2,1-3H3,(H2,17,19,20). The normalized spacial score (nSPS) is 12.5. The zero-order valence-corrected chi connectivity index (χ0v) is 13.2. The van der Waals surface area contributed by atoms with Crippen molar-refractivity contribution >= 4 is 22.7 Å². The van der Waals surface area contributed by atoms with Crippen molar-refractivity contribution in [2.24, 2.45) is 21.7 Å². The number of rotatable bonds is 2. The van der Waals surface area contributed by atoms with Crippen LogP contribution in [0.25, 0.3) is 10.8 Å². The second-order valence-corrected chi connectivity index (χ2v) is 5.29. The van der Waals surface area contributed by atoms with Crippen LogP contribution in [-0.2, 0) is 6.54 Å². The van der Waals surface area contributed by atoms with Gasteiger partial charge in [0.25, 0.3) is 0 Å². The number of nitrogens with zero attached hydrogens (tertiary/aromatic N) is 4. The summed E-state index contributed by atoms with van der Waals surface area (Å²) in [6.07, 6.45) is 0. The predicted octanol–water partition coefficient (Wildman–Crippen LogP) is 1.38. The summed E-state index contributed by atoms with van der Waals surface area (Å²) in [5.74, 6) is 6.20. The third kappa shape index (κ3) is 3.46. The van der Waals surface area contributed by atoms with Crippen LogP contribution in [0, 0.1) is 0 Å². The van der Waals surface area contributed by atoms with Gasteiger partial charge in [-0.3, -0.25) is 0 Å². The fourth-order valence-corrected chi connectivity index (χ4v) is 2.17. The molecule has 4 N–H and O–H groups in total. The second-order valence-electron chi connectivity index (χ2n) is 5.29. The van der Waals surface area contributed by atoms with E-state index in [4.69, 9.17) is 11.6 Å². The minimum atomic E-state index is 0.356. The topological polar surface area (TPSA) is 83.2 Å². The van der Waals surface area contributed by atoms with Gasteiger partial charge in [0.05, 0.1) is 0 Å². The Balaban J connectivity index is 2.27. The lowest BCUT2D eigenvalue weighted by Crippen LogP contribution is -2.35. The molecule has 0 aliphatic heterocycles. The van der Waals surface area contributed by atoms with Crippen LogP contribution < -0.4 is 11.6 Å². The zero-order valence-electron chi connectivity index (χ0n) is 13.2. The molecular formula is C16H22N6. The Morgan fingerprint density at radius 3 is 2.41 bits per heavy atom. The molecule has 0 unspecified atom stereocenters. The van der Waals surface area contributed by atoms with E-state index in [1.165, 1.54) is 16.3 Å². The molecule has 0 amide bonds. The van der Waals surface area contributed by atoms with Crippen LogP contribution in [0.2, 0.25) is 0 Å². The van der Waals surface area contributed by atoms with Gasteiger partial charge in [0.2, 0.25) is 5.96 Å². The summed E-state index contributed by atoms with van der Waals surface area (Å²) in [6, 6.07) is 14.5. The highest BCUT2D eigenvalue weighted by Gasteiger charge is 2.10. The quantitative estimate of drug-likeness (QED) is 0.380. The molecule has 6 heteroatoms. The molecule has 0 saturated carbocycles.